The molecule has 0 radical (unpaired) electrons. The molecule has 5 heteroatoms. The molecule has 1 fully saturated rings. The summed E-state index contributed by atoms with van der Waals surface area (Å²) in [5.74, 6) is 0.702. The molecule has 1 saturated heterocycles. The number of halogens is 1. The monoisotopic (exact) mass is 373 g/mol. The molecule has 138 valence electrons. The van der Waals surface area contributed by atoms with Crippen molar-refractivity contribution in [3.8, 4) is 5.75 Å². The van der Waals surface area contributed by atoms with Crippen molar-refractivity contribution >= 4 is 17.5 Å². The lowest BCUT2D eigenvalue weighted by atomic mass is 9.93. The van der Waals surface area contributed by atoms with Crippen molar-refractivity contribution in [1.29, 1.82) is 0 Å². The molecule has 3 rings (SSSR count). The first-order valence-electron chi connectivity index (χ1n) is 8.97. The Balaban J connectivity index is 1.53. The van der Waals surface area contributed by atoms with Gasteiger partial charge < -0.3 is 14.7 Å². The van der Waals surface area contributed by atoms with E-state index >= 15 is 0 Å². The summed E-state index contributed by atoms with van der Waals surface area (Å²) in [6, 6.07) is 17.1. The van der Waals surface area contributed by atoms with Crippen molar-refractivity contribution in [3.63, 3.8) is 0 Å². The van der Waals surface area contributed by atoms with E-state index < -0.39 is 5.60 Å². The molecule has 1 aliphatic rings. The molecule has 0 bridgehead atoms. The average molecular weight is 374 g/mol. The summed E-state index contributed by atoms with van der Waals surface area (Å²) in [5.41, 5.74) is 0.126. The van der Waals surface area contributed by atoms with Crippen LogP contribution in [0, 0.1) is 0 Å². The molecule has 1 heterocycles. The predicted octanol–water partition coefficient (Wildman–Crippen LogP) is 3.71. The maximum Gasteiger partial charge on any atom is 0.223 e. The number of amides is 1. The van der Waals surface area contributed by atoms with Crippen LogP contribution >= 0.6 is 11.6 Å². The Morgan fingerprint density at radius 1 is 1.19 bits per heavy atom. The van der Waals surface area contributed by atoms with Crippen LogP contribution in [0.2, 0.25) is 5.02 Å². The molecule has 0 aliphatic carbocycles. The molecule has 1 aliphatic heterocycles. The van der Waals surface area contributed by atoms with Gasteiger partial charge in [-0.25, -0.2) is 0 Å². The highest BCUT2D eigenvalue weighted by atomic mass is 35.5. The predicted molar refractivity (Wildman–Crippen MR) is 102 cm³/mol. The summed E-state index contributed by atoms with van der Waals surface area (Å²) in [4.78, 5) is 14.3. The number of carbonyl (C=O) groups excluding carboxylic acids is 1. The summed E-state index contributed by atoms with van der Waals surface area (Å²) in [6.07, 6.45) is 2.56. The van der Waals surface area contributed by atoms with E-state index in [1.807, 2.05) is 36.4 Å². The van der Waals surface area contributed by atoms with E-state index in [4.69, 9.17) is 16.3 Å². The van der Waals surface area contributed by atoms with Gasteiger partial charge in [0.1, 0.15) is 18.0 Å². The quantitative estimate of drug-likeness (QED) is 0.839. The van der Waals surface area contributed by atoms with Gasteiger partial charge in [0.15, 0.2) is 0 Å². The number of ether oxygens (including phenoxy) is 1. The van der Waals surface area contributed by atoms with E-state index in [9.17, 15) is 9.90 Å². The van der Waals surface area contributed by atoms with Gasteiger partial charge in [-0.05, 0) is 43.0 Å². The van der Waals surface area contributed by atoms with Crippen LogP contribution in [-0.4, -0.2) is 41.2 Å². The molecule has 1 amide bonds. The number of likely N-dealkylation sites (tertiary alicyclic amines) is 1. The van der Waals surface area contributed by atoms with Gasteiger partial charge in [0.05, 0.1) is 6.54 Å². The number of hydrogen-bond donors (Lipinski definition) is 1. The van der Waals surface area contributed by atoms with Crippen molar-refractivity contribution in [2.45, 2.75) is 31.3 Å². The zero-order chi connectivity index (χ0) is 18.4. The SMILES string of the molecule is O=C(CCc1ccccc1)N1CCCC(O)(COc2cccc(Cl)c2)C1. The van der Waals surface area contributed by atoms with Crippen molar-refractivity contribution in [2.24, 2.45) is 0 Å². The fourth-order valence-corrected chi connectivity index (χ4v) is 3.45. The van der Waals surface area contributed by atoms with Crippen molar-refractivity contribution < 1.29 is 14.6 Å². The van der Waals surface area contributed by atoms with E-state index in [-0.39, 0.29) is 12.5 Å². The van der Waals surface area contributed by atoms with Gasteiger partial charge in [-0.2, -0.15) is 0 Å². The molecule has 1 atom stereocenters. The number of hydrogen-bond acceptors (Lipinski definition) is 3. The highest BCUT2D eigenvalue weighted by molar-refractivity contribution is 6.30. The first-order valence-corrected chi connectivity index (χ1v) is 9.34. The molecule has 2 aromatic rings. The molecule has 1 unspecified atom stereocenters. The molecular formula is C21H24ClNO3. The van der Waals surface area contributed by atoms with Gasteiger partial charge in [-0.3, -0.25) is 4.79 Å². The first kappa shape index (κ1) is 18.7. The zero-order valence-corrected chi connectivity index (χ0v) is 15.5. The Kier molecular flexibility index (Phi) is 6.17. The maximum atomic E-state index is 12.5. The summed E-state index contributed by atoms with van der Waals surface area (Å²) >= 11 is 5.96. The van der Waals surface area contributed by atoms with Crippen LogP contribution in [0.3, 0.4) is 0 Å². The normalized spacial score (nSPS) is 20.0. The van der Waals surface area contributed by atoms with Crippen LogP contribution in [0.5, 0.6) is 5.75 Å². The molecule has 1 N–H and O–H groups in total. The average Bonchev–Trinajstić information content (AvgIpc) is 2.65. The maximum absolute atomic E-state index is 12.5. The third-order valence-electron chi connectivity index (χ3n) is 4.68. The summed E-state index contributed by atoms with van der Waals surface area (Å²) in [7, 11) is 0. The molecule has 4 nitrogen and oxygen atoms in total. The van der Waals surface area contributed by atoms with Crippen LogP contribution in [0.25, 0.3) is 0 Å². The number of carbonyl (C=O) groups is 1. The zero-order valence-electron chi connectivity index (χ0n) is 14.7. The van der Waals surface area contributed by atoms with Gasteiger partial charge in [-0.1, -0.05) is 48.0 Å². The minimum absolute atomic E-state index is 0.0785. The molecule has 0 aromatic heterocycles. The van der Waals surface area contributed by atoms with Gasteiger partial charge in [0, 0.05) is 18.0 Å². The van der Waals surface area contributed by atoms with Crippen molar-refractivity contribution in [2.75, 3.05) is 19.7 Å². The van der Waals surface area contributed by atoms with Crippen LogP contribution in [-0.2, 0) is 11.2 Å². The van der Waals surface area contributed by atoms with Crippen LogP contribution in [0.4, 0.5) is 0 Å². The van der Waals surface area contributed by atoms with Crippen LogP contribution < -0.4 is 4.74 Å². The largest absolute Gasteiger partial charge is 0.490 e. The van der Waals surface area contributed by atoms with Crippen LogP contribution in [0.15, 0.2) is 54.6 Å². The number of rotatable bonds is 6. The van der Waals surface area contributed by atoms with Gasteiger partial charge >= 0.3 is 0 Å². The Labute approximate surface area is 159 Å². The first-order chi connectivity index (χ1) is 12.5. The smallest absolute Gasteiger partial charge is 0.223 e. The Morgan fingerprint density at radius 2 is 2.00 bits per heavy atom. The third kappa shape index (κ3) is 5.23. The number of β-amino-alcohol motifs (C(OH)–C–C–N with tert-alkyl or cyclic N) is 1. The lowest BCUT2D eigenvalue weighted by molar-refractivity contribution is -0.140. The van der Waals surface area contributed by atoms with E-state index in [2.05, 4.69) is 0 Å². The van der Waals surface area contributed by atoms with E-state index in [1.54, 1.807) is 23.1 Å². The fourth-order valence-electron chi connectivity index (χ4n) is 3.27. The van der Waals surface area contributed by atoms with Crippen LogP contribution in [0.1, 0.15) is 24.8 Å². The topological polar surface area (TPSA) is 49.8 Å². The third-order valence-corrected chi connectivity index (χ3v) is 4.92. The lowest BCUT2D eigenvalue weighted by Crippen LogP contribution is -2.53. The highest BCUT2D eigenvalue weighted by Crippen LogP contribution is 2.25. The van der Waals surface area contributed by atoms with E-state index in [1.165, 1.54) is 0 Å². The summed E-state index contributed by atoms with van der Waals surface area (Å²) in [5, 5.41) is 11.4. The van der Waals surface area contributed by atoms with Gasteiger partial charge in [0.2, 0.25) is 5.91 Å². The number of aliphatic hydroxyl groups is 1. The molecule has 26 heavy (non-hydrogen) atoms. The number of aryl methyl sites for hydroxylation is 1. The standard InChI is InChI=1S/C21H24ClNO3/c22-18-8-4-9-19(14-18)26-16-21(25)12-5-13-23(15-21)20(24)11-10-17-6-2-1-3-7-17/h1-4,6-9,14,25H,5,10-13,15-16H2. The minimum atomic E-state index is -1.02. The molecule has 0 saturated carbocycles. The summed E-state index contributed by atoms with van der Waals surface area (Å²) < 4.78 is 5.71. The molecule has 0 spiro atoms. The summed E-state index contributed by atoms with van der Waals surface area (Å²) in [6.45, 7) is 1.14. The fraction of sp³-hybridized carbons (Fsp3) is 0.381. The van der Waals surface area contributed by atoms with E-state index in [0.29, 0.717) is 43.1 Å². The van der Waals surface area contributed by atoms with Crippen molar-refractivity contribution in [1.82, 2.24) is 4.90 Å². The minimum Gasteiger partial charge on any atom is -0.490 e. The Morgan fingerprint density at radius 3 is 2.77 bits per heavy atom. The van der Waals surface area contributed by atoms with Gasteiger partial charge in [-0.15, -0.1) is 0 Å². The second-order valence-electron chi connectivity index (χ2n) is 6.87. The van der Waals surface area contributed by atoms with Gasteiger partial charge in [0.25, 0.3) is 0 Å². The second-order valence-corrected chi connectivity index (χ2v) is 7.31. The molecule has 2 aromatic carbocycles. The molecular weight excluding hydrogens is 350 g/mol. The lowest BCUT2D eigenvalue weighted by Gasteiger charge is -2.39. The van der Waals surface area contributed by atoms with E-state index in [0.717, 1.165) is 12.0 Å². The second kappa shape index (κ2) is 8.56. The number of piperidine rings is 1. The van der Waals surface area contributed by atoms with Crippen molar-refractivity contribution in [3.05, 3.63) is 65.2 Å². The highest BCUT2D eigenvalue weighted by Gasteiger charge is 2.35. The Bertz CT molecular complexity index is 737. The Hall–Kier alpha value is -2.04. The number of nitrogens with zero attached hydrogens (tertiary/aromatic N) is 1. The number of benzene rings is 2.